The number of anilines is 1. The molecule has 0 bridgehead atoms. The summed E-state index contributed by atoms with van der Waals surface area (Å²) in [6.07, 6.45) is 3.04. The average molecular weight is 459 g/mol. The predicted octanol–water partition coefficient (Wildman–Crippen LogP) is 3.41. The van der Waals surface area contributed by atoms with Gasteiger partial charge in [-0.1, -0.05) is 17.7 Å². The molecule has 4 rings (SSSR count). The smallest absolute Gasteiger partial charge is 0.210 e. The van der Waals surface area contributed by atoms with Crippen LogP contribution in [0.4, 0.5) is 5.69 Å². The molecule has 0 saturated heterocycles. The Morgan fingerprint density at radius 3 is 2.56 bits per heavy atom. The van der Waals surface area contributed by atoms with Gasteiger partial charge in [0.1, 0.15) is 5.82 Å². The van der Waals surface area contributed by atoms with Crippen molar-refractivity contribution in [3.8, 4) is 0 Å². The zero-order chi connectivity index (χ0) is 23.2. The van der Waals surface area contributed by atoms with Crippen molar-refractivity contribution in [2.45, 2.75) is 31.8 Å². The zero-order valence-electron chi connectivity index (χ0n) is 18.9. The van der Waals surface area contributed by atoms with E-state index in [4.69, 9.17) is 21.1 Å². The molecule has 3 unspecified atom stereocenters. The summed E-state index contributed by atoms with van der Waals surface area (Å²) < 4.78 is 12.8. The van der Waals surface area contributed by atoms with Gasteiger partial charge in [0.15, 0.2) is 12.0 Å². The van der Waals surface area contributed by atoms with Gasteiger partial charge < -0.3 is 29.6 Å². The maximum atomic E-state index is 12.8. The van der Waals surface area contributed by atoms with Crippen LogP contribution in [0.25, 0.3) is 5.03 Å². The summed E-state index contributed by atoms with van der Waals surface area (Å²) in [5.41, 5.74) is 2.16. The van der Waals surface area contributed by atoms with Gasteiger partial charge in [0.25, 0.3) is 0 Å². The number of fused-ring (bicyclic) bond motifs is 1. The van der Waals surface area contributed by atoms with Gasteiger partial charge >= 0.3 is 0 Å². The Kier molecular flexibility index (Phi) is 5.64. The summed E-state index contributed by atoms with van der Waals surface area (Å²) in [6.45, 7) is 3.90. The first-order chi connectivity index (χ1) is 15.3. The molecule has 0 saturated carbocycles. The lowest BCUT2D eigenvalue weighted by molar-refractivity contribution is 0.0981. The van der Waals surface area contributed by atoms with E-state index in [1.807, 2.05) is 61.8 Å². The van der Waals surface area contributed by atoms with E-state index in [-0.39, 0.29) is 6.17 Å². The van der Waals surface area contributed by atoms with Crippen LogP contribution in [0.1, 0.15) is 29.6 Å². The lowest BCUT2D eigenvalue weighted by atomic mass is 9.82. The van der Waals surface area contributed by atoms with Crippen LogP contribution in [-0.4, -0.2) is 48.1 Å². The average Bonchev–Trinajstić information content (AvgIpc) is 3.31. The van der Waals surface area contributed by atoms with E-state index < -0.39 is 11.8 Å². The highest BCUT2D eigenvalue weighted by Gasteiger charge is 2.48. The molecule has 2 aliphatic rings. The fourth-order valence-electron chi connectivity index (χ4n) is 4.29. The molecule has 9 nitrogen and oxygen atoms in total. The maximum absolute atomic E-state index is 12.8. The summed E-state index contributed by atoms with van der Waals surface area (Å²) >= 11 is 6.72. The third-order valence-corrected chi connectivity index (χ3v) is 6.78. The van der Waals surface area contributed by atoms with Crippen LogP contribution >= 0.6 is 11.6 Å². The number of aryl methyl sites for hydroxylation is 1. The first-order valence-electron chi connectivity index (χ1n) is 10.2. The minimum absolute atomic E-state index is 0.00535. The van der Waals surface area contributed by atoms with Gasteiger partial charge in [0, 0.05) is 38.7 Å². The topological polar surface area (TPSA) is 93.0 Å². The van der Waals surface area contributed by atoms with E-state index in [1.165, 1.54) is 0 Å². The number of nitrogens with zero attached hydrogens (tertiary/aromatic N) is 4. The largest absolute Gasteiger partial charge is 0.495 e. The molecule has 3 heterocycles. The second-order valence-corrected chi connectivity index (χ2v) is 8.32. The van der Waals surface area contributed by atoms with E-state index in [0.29, 0.717) is 33.3 Å². The van der Waals surface area contributed by atoms with Crippen LogP contribution in [0.5, 0.6) is 0 Å². The number of hydrogen-bond acceptors (Lipinski definition) is 8. The summed E-state index contributed by atoms with van der Waals surface area (Å²) in [5, 5.41) is 10.7. The van der Waals surface area contributed by atoms with Crippen molar-refractivity contribution in [3.63, 3.8) is 0 Å². The fourth-order valence-corrected chi connectivity index (χ4v) is 4.62. The fraction of sp³-hybridized carbons (Fsp3) is 0.409. The molecule has 170 valence electrons. The number of nitroso groups, excluding NO2 is 1. The minimum Gasteiger partial charge on any atom is -0.495 e. The summed E-state index contributed by atoms with van der Waals surface area (Å²) in [4.78, 5) is 19.2. The molecule has 2 aliphatic heterocycles. The molecule has 0 fully saturated rings. The molecule has 10 heteroatoms. The quantitative estimate of drug-likeness (QED) is 0.640. The summed E-state index contributed by atoms with van der Waals surface area (Å²) in [6, 6.07) is 5.62. The highest BCUT2D eigenvalue weighted by molar-refractivity contribution is 6.50. The van der Waals surface area contributed by atoms with Crippen molar-refractivity contribution in [2.75, 3.05) is 26.6 Å². The van der Waals surface area contributed by atoms with Gasteiger partial charge in [-0.05, 0) is 36.7 Å². The molecule has 0 amide bonds. The number of imidazole rings is 1. The highest BCUT2D eigenvalue weighted by Crippen LogP contribution is 2.46. The molecule has 0 radical (unpaired) electrons. The molecule has 32 heavy (non-hydrogen) atoms. The number of aromatic nitrogens is 2. The number of likely N-dealkylation sites (N-methyl/N-ethyl adjacent to an activating group) is 1. The van der Waals surface area contributed by atoms with E-state index in [9.17, 15) is 4.91 Å². The van der Waals surface area contributed by atoms with Gasteiger partial charge in [-0.15, -0.1) is 4.91 Å². The molecular formula is C22H27ClN6O3. The Morgan fingerprint density at radius 2 is 2.03 bits per heavy atom. The highest BCUT2D eigenvalue weighted by atomic mass is 35.5. The van der Waals surface area contributed by atoms with Crippen LogP contribution in [0.15, 0.2) is 47.2 Å². The minimum atomic E-state index is -1.35. The molecule has 0 aliphatic carbocycles. The lowest BCUT2D eigenvalue weighted by Crippen LogP contribution is -2.39. The second kappa shape index (κ2) is 8.14. The van der Waals surface area contributed by atoms with Crippen LogP contribution in [0, 0.1) is 11.8 Å². The SMILES string of the molecule is COC1=C(Cl)c2cc(C(N=O)(C3=CNC(C)N3C)c3cnc(C)n3C)ccc2NC1OC. The van der Waals surface area contributed by atoms with Crippen LogP contribution < -0.4 is 10.6 Å². The number of ether oxygens (including phenoxy) is 2. The van der Waals surface area contributed by atoms with Gasteiger partial charge in [-0.25, -0.2) is 4.98 Å². The number of nitrogens with one attached hydrogen (secondary N) is 2. The number of hydrogen-bond donors (Lipinski definition) is 2. The van der Waals surface area contributed by atoms with Gasteiger partial charge in [0.2, 0.25) is 5.54 Å². The Morgan fingerprint density at radius 1 is 1.28 bits per heavy atom. The van der Waals surface area contributed by atoms with Gasteiger partial charge in [-0.2, -0.15) is 0 Å². The molecule has 2 N–H and O–H groups in total. The van der Waals surface area contributed by atoms with Crippen molar-refractivity contribution in [1.29, 1.82) is 0 Å². The van der Waals surface area contributed by atoms with Gasteiger partial charge in [0.05, 0.1) is 35.9 Å². The number of benzene rings is 1. The first-order valence-corrected chi connectivity index (χ1v) is 10.6. The molecule has 3 atom stereocenters. The Bertz CT molecular complexity index is 1130. The third-order valence-electron chi connectivity index (χ3n) is 6.39. The Labute approximate surface area is 192 Å². The maximum Gasteiger partial charge on any atom is 0.210 e. The number of methoxy groups -OCH3 is 2. The normalized spacial score (nSPS) is 22.0. The second-order valence-electron chi connectivity index (χ2n) is 7.94. The van der Waals surface area contributed by atoms with Crippen molar-refractivity contribution < 1.29 is 9.47 Å². The van der Waals surface area contributed by atoms with Crippen molar-refractivity contribution in [2.24, 2.45) is 12.2 Å². The zero-order valence-corrected chi connectivity index (χ0v) is 19.7. The number of halogens is 1. The molecule has 1 aromatic heterocycles. The van der Waals surface area contributed by atoms with Crippen LogP contribution in [0.2, 0.25) is 0 Å². The summed E-state index contributed by atoms with van der Waals surface area (Å²) in [7, 11) is 6.92. The van der Waals surface area contributed by atoms with E-state index in [2.05, 4.69) is 20.8 Å². The molecular weight excluding hydrogens is 432 g/mol. The number of rotatable bonds is 6. The van der Waals surface area contributed by atoms with Crippen LogP contribution in [0.3, 0.4) is 0 Å². The summed E-state index contributed by atoms with van der Waals surface area (Å²) in [5.74, 6) is 1.24. The van der Waals surface area contributed by atoms with E-state index in [1.54, 1.807) is 20.4 Å². The van der Waals surface area contributed by atoms with E-state index >= 15 is 0 Å². The monoisotopic (exact) mass is 458 g/mol. The van der Waals surface area contributed by atoms with Crippen molar-refractivity contribution in [1.82, 2.24) is 19.8 Å². The van der Waals surface area contributed by atoms with Crippen molar-refractivity contribution in [3.05, 3.63) is 69.6 Å². The molecule has 2 aromatic rings. The van der Waals surface area contributed by atoms with Gasteiger partial charge in [-0.3, -0.25) is 0 Å². The molecule has 1 aromatic carbocycles. The third kappa shape index (κ3) is 3.07. The molecule has 0 spiro atoms. The lowest BCUT2D eigenvalue weighted by Gasteiger charge is -2.35. The standard InChI is InChI=1S/C22H27ClN6O3/c1-12-24-10-17(28(12)3)22(27-30,18-11-25-13(2)29(18)4)14-7-8-16-15(9-14)19(23)20(31-5)21(26-16)32-6/h7-12,21,24,26H,1-6H3. The Hall–Kier alpha value is -3.04. The first kappa shape index (κ1) is 22.2. The predicted molar refractivity (Wildman–Crippen MR) is 124 cm³/mol. The van der Waals surface area contributed by atoms with Crippen LogP contribution in [-0.2, 0) is 22.1 Å². The van der Waals surface area contributed by atoms with Crippen molar-refractivity contribution >= 4 is 22.3 Å². The Balaban J connectivity index is 1.98. The van der Waals surface area contributed by atoms with E-state index in [0.717, 1.165) is 11.5 Å².